The molecule has 1 aliphatic rings. The second-order valence-electron chi connectivity index (χ2n) is 5.54. The van der Waals surface area contributed by atoms with Gasteiger partial charge in [0.25, 0.3) is 0 Å². The number of aromatic nitrogens is 2. The van der Waals surface area contributed by atoms with Gasteiger partial charge in [-0.1, -0.05) is 23.2 Å². The van der Waals surface area contributed by atoms with E-state index in [1.165, 1.54) is 0 Å². The Morgan fingerprint density at radius 3 is 2.73 bits per heavy atom. The monoisotopic (exact) mass is 334 g/mol. The summed E-state index contributed by atoms with van der Waals surface area (Å²) in [7, 11) is 0. The number of halogens is 2. The molecule has 2 heterocycles. The number of likely N-dealkylation sites (tertiary alicyclic amines) is 1. The van der Waals surface area contributed by atoms with Gasteiger partial charge in [0, 0.05) is 22.2 Å². The Bertz CT molecular complexity index is 696. The Labute approximate surface area is 139 Å². The number of nitriles is 1. The average molecular weight is 335 g/mol. The molecule has 22 heavy (non-hydrogen) atoms. The number of H-pyrrole nitrogens is 1. The lowest BCUT2D eigenvalue weighted by molar-refractivity contribution is 0.233. The molecule has 1 N–H and O–H groups in total. The van der Waals surface area contributed by atoms with Gasteiger partial charge in [-0.25, -0.2) is 0 Å². The van der Waals surface area contributed by atoms with Crippen molar-refractivity contribution in [1.29, 1.82) is 5.26 Å². The van der Waals surface area contributed by atoms with E-state index in [2.05, 4.69) is 27.2 Å². The fraction of sp³-hybridized carbons (Fsp3) is 0.375. The molecule has 0 bridgehead atoms. The first-order valence-electron chi connectivity index (χ1n) is 7.27. The molecular weight excluding hydrogens is 319 g/mol. The summed E-state index contributed by atoms with van der Waals surface area (Å²) in [5, 5.41) is 17.5. The minimum absolute atomic E-state index is 0.460. The van der Waals surface area contributed by atoms with Crippen LogP contribution in [0.3, 0.4) is 0 Å². The van der Waals surface area contributed by atoms with Crippen LogP contribution in [0.2, 0.25) is 10.0 Å². The normalized spacial score (nSPS) is 16.6. The summed E-state index contributed by atoms with van der Waals surface area (Å²) in [5.74, 6) is 0.460. The maximum absolute atomic E-state index is 8.75. The van der Waals surface area contributed by atoms with Crippen LogP contribution in [-0.2, 0) is 0 Å². The molecule has 0 amide bonds. The van der Waals surface area contributed by atoms with Gasteiger partial charge in [-0.3, -0.25) is 10.00 Å². The van der Waals surface area contributed by atoms with Gasteiger partial charge in [-0.2, -0.15) is 10.4 Å². The Hall–Kier alpha value is -1.54. The van der Waals surface area contributed by atoms with Gasteiger partial charge >= 0.3 is 0 Å². The second-order valence-corrected chi connectivity index (χ2v) is 6.38. The summed E-state index contributed by atoms with van der Waals surface area (Å²) in [5.41, 5.74) is 2.87. The molecule has 1 fully saturated rings. The third-order valence-corrected chi connectivity index (χ3v) is 4.67. The zero-order valence-electron chi connectivity index (χ0n) is 12.0. The van der Waals surface area contributed by atoms with Crippen LogP contribution in [0.25, 0.3) is 11.3 Å². The molecule has 3 rings (SSSR count). The molecule has 6 heteroatoms. The molecule has 0 atom stereocenters. The SMILES string of the molecule is N#CCN1CCC(c2cc(-c3ccc(Cl)cc3Cl)n[nH]2)CC1. The summed E-state index contributed by atoms with van der Waals surface area (Å²) in [6, 6.07) is 9.71. The van der Waals surface area contributed by atoms with Gasteiger partial charge in [0.2, 0.25) is 0 Å². The molecule has 1 aromatic carbocycles. The zero-order valence-corrected chi connectivity index (χ0v) is 13.5. The standard InChI is InChI=1S/C16H16Cl2N4/c17-12-1-2-13(14(18)9-12)16-10-15(20-21-16)11-3-6-22(7-4-11)8-5-19/h1-2,9-11H,3-4,6-8H2,(H,20,21). The lowest BCUT2D eigenvalue weighted by atomic mass is 9.93. The van der Waals surface area contributed by atoms with E-state index in [0.29, 0.717) is 22.5 Å². The number of benzene rings is 1. The highest BCUT2D eigenvalue weighted by Crippen LogP contribution is 2.32. The highest BCUT2D eigenvalue weighted by atomic mass is 35.5. The number of aromatic amines is 1. The van der Waals surface area contributed by atoms with Crippen LogP contribution in [0.1, 0.15) is 24.5 Å². The first-order chi connectivity index (χ1) is 10.7. The summed E-state index contributed by atoms with van der Waals surface area (Å²) in [6.07, 6.45) is 2.08. The predicted molar refractivity (Wildman–Crippen MR) is 88.1 cm³/mol. The summed E-state index contributed by atoms with van der Waals surface area (Å²) >= 11 is 12.2. The highest BCUT2D eigenvalue weighted by Gasteiger charge is 2.22. The van der Waals surface area contributed by atoms with E-state index in [4.69, 9.17) is 28.5 Å². The molecule has 0 aliphatic carbocycles. The molecule has 0 saturated carbocycles. The Morgan fingerprint density at radius 2 is 2.05 bits per heavy atom. The summed E-state index contributed by atoms with van der Waals surface area (Å²) < 4.78 is 0. The molecule has 1 aliphatic heterocycles. The molecular formula is C16H16Cl2N4. The molecule has 1 saturated heterocycles. The van der Waals surface area contributed by atoms with E-state index in [1.54, 1.807) is 6.07 Å². The van der Waals surface area contributed by atoms with Crippen molar-refractivity contribution in [3.05, 3.63) is 40.0 Å². The first kappa shape index (κ1) is 15.4. The van der Waals surface area contributed by atoms with Gasteiger partial charge < -0.3 is 0 Å². The van der Waals surface area contributed by atoms with Gasteiger partial charge in [0.05, 0.1) is 23.3 Å². The van der Waals surface area contributed by atoms with Crippen molar-refractivity contribution in [3.63, 3.8) is 0 Å². The van der Waals surface area contributed by atoms with Gasteiger partial charge in [0.1, 0.15) is 0 Å². The minimum Gasteiger partial charge on any atom is -0.291 e. The van der Waals surface area contributed by atoms with Crippen molar-refractivity contribution in [2.75, 3.05) is 19.6 Å². The lowest BCUT2D eigenvalue weighted by Gasteiger charge is -2.29. The highest BCUT2D eigenvalue weighted by molar-refractivity contribution is 6.36. The van der Waals surface area contributed by atoms with E-state index in [1.807, 2.05) is 12.1 Å². The van der Waals surface area contributed by atoms with Gasteiger partial charge in [-0.15, -0.1) is 0 Å². The maximum Gasteiger partial charge on any atom is 0.0938 e. The molecule has 4 nitrogen and oxygen atoms in total. The van der Waals surface area contributed by atoms with Crippen molar-refractivity contribution in [2.24, 2.45) is 0 Å². The van der Waals surface area contributed by atoms with E-state index in [0.717, 1.165) is 42.9 Å². The van der Waals surface area contributed by atoms with E-state index < -0.39 is 0 Å². The average Bonchev–Trinajstić information content (AvgIpc) is 2.98. The van der Waals surface area contributed by atoms with Crippen LogP contribution < -0.4 is 0 Å². The van der Waals surface area contributed by atoms with Crippen molar-refractivity contribution in [2.45, 2.75) is 18.8 Å². The smallest absolute Gasteiger partial charge is 0.0938 e. The van der Waals surface area contributed by atoms with Crippen LogP contribution in [0.4, 0.5) is 0 Å². The number of nitrogens with one attached hydrogen (secondary N) is 1. The predicted octanol–water partition coefficient (Wildman–Crippen LogP) is 4.09. The molecule has 0 radical (unpaired) electrons. The number of hydrogen-bond donors (Lipinski definition) is 1. The minimum atomic E-state index is 0.460. The molecule has 114 valence electrons. The Balaban J connectivity index is 1.73. The fourth-order valence-electron chi connectivity index (χ4n) is 2.88. The zero-order chi connectivity index (χ0) is 15.5. The molecule has 1 aromatic heterocycles. The van der Waals surface area contributed by atoms with Crippen LogP contribution >= 0.6 is 23.2 Å². The Kier molecular flexibility index (Phi) is 4.68. The fourth-order valence-corrected chi connectivity index (χ4v) is 3.39. The number of nitrogens with zero attached hydrogens (tertiary/aromatic N) is 3. The van der Waals surface area contributed by atoms with E-state index in [-0.39, 0.29) is 0 Å². The number of rotatable bonds is 3. The summed E-state index contributed by atoms with van der Waals surface area (Å²) in [6.45, 7) is 2.42. The van der Waals surface area contributed by atoms with Crippen LogP contribution in [0, 0.1) is 11.3 Å². The van der Waals surface area contributed by atoms with Crippen LogP contribution in [-0.4, -0.2) is 34.7 Å². The lowest BCUT2D eigenvalue weighted by Crippen LogP contribution is -2.33. The first-order valence-corrected chi connectivity index (χ1v) is 8.03. The van der Waals surface area contributed by atoms with Crippen LogP contribution in [0.5, 0.6) is 0 Å². The topological polar surface area (TPSA) is 55.7 Å². The van der Waals surface area contributed by atoms with Crippen molar-refractivity contribution in [1.82, 2.24) is 15.1 Å². The molecule has 2 aromatic rings. The molecule has 0 spiro atoms. The largest absolute Gasteiger partial charge is 0.291 e. The molecule has 0 unspecified atom stereocenters. The van der Waals surface area contributed by atoms with E-state index in [9.17, 15) is 0 Å². The number of hydrogen-bond acceptors (Lipinski definition) is 3. The maximum atomic E-state index is 8.75. The quantitative estimate of drug-likeness (QED) is 0.860. The van der Waals surface area contributed by atoms with Gasteiger partial charge in [0.15, 0.2) is 0 Å². The van der Waals surface area contributed by atoms with Gasteiger partial charge in [-0.05, 0) is 50.2 Å². The summed E-state index contributed by atoms with van der Waals surface area (Å²) in [4.78, 5) is 2.18. The third-order valence-electron chi connectivity index (χ3n) is 4.13. The van der Waals surface area contributed by atoms with E-state index >= 15 is 0 Å². The van der Waals surface area contributed by atoms with Crippen LogP contribution in [0.15, 0.2) is 24.3 Å². The second kappa shape index (κ2) is 6.70. The number of piperidine rings is 1. The van der Waals surface area contributed by atoms with Crippen molar-refractivity contribution < 1.29 is 0 Å². The van der Waals surface area contributed by atoms with Crippen molar-refractivity contribution >= 4 is 23.2 Å². The Morgan fingerprint density at radius 1 is 1.27 bits per heavy atom. The van der Waals surface area contributed by atoms with Crippen molar-refractivity contribution in [3.8, 4) is 17.3 Å². The third kappa shape index (κ3) is 3.27.